The predicted molar refractivity (Wildman–Crippen MR) is 61.4 cm³/mol. The minimum atomic E-state index is -1.19. The fourth-order valence-corrected chi connectivity index (χ4v) is 1.90. The maximum atomic E-state index is 11.8. The third-order valence-electron chi connectivity index (χ3n) is 2.96. The molecule has 0 radical (unpaired) electrons. The molecule has 18 heavy (non-hydrogen) atoms. The van der Waals surface area contributed by atoms with Crippen LogP contribution in [0.1, 0.15) is 33.8 Å². The first-order valence-corrected chi connectivity index (χ1v) is 5.81. The molecule has 3 N–H and O–H groups in total. The lowest BCUT2D eigenvalue weighted by molar-refractivity contribution is 0.0639. The van der Waals surface area contributed by atoms with Gasteiger partial charge in [0, 0.05) is 19.8 Å². The van der Waals surface area contributed by atoms with Gasteiger partial charge in [0.2, 0.25) is 0 Å². The molecule has 2 rings (SSSR count). The van der Waals surface area contributed by atoms with Crippen molar-refractivity contribution in [1.82, 2.24) is 15.3 Å². The molecule has 0 spiro atoms. The number of nitrogens with one attached hydrogen (secondary N) is 2. The molecule has 1 aliphatic rings. The number of carbonyl (C=O) groups is 2. The van der Waals surface area contributed by atoms with Crippen molar-refractivity contribution in [2.75, 3.05) is 19.8 Å². The molecular formula is C11H15N3O4. The quantitative estimate of drug-likeness (QED) is 0.714. The van der Waals surface area contributed by atoms with Gasteiger partial charge in [-0.3, -0.25) is 4.79 Å². The van der Waals surface area contributed by atoms with Crippen LogP contribution in [0.3, 0.4) is 0 Å². The molecular weight excluding hydrogens is 238 g/mol. The number of aromatic amines is 1. The number of nitrogens with zero attached hydrogens (tertiary/aromatic N) is 1. The van der Waals surface area contributed by atoms with E-state index >= 15 is 0 Å². The number of aromatic carboxylic acids is 1. The number of imidazole rings is 1. The highest BCUT2D eigenvalue weighted by Crippen LogP contribution is 2.13. The van der Waals surface area contributed by atoms with Gasteiger partial charge in [0.05, 0.1) is 6.33 Å². The highest BCUT2D eigenvalue weighted by Gasteiger charge is 2.21. The number of amides is 1. The Morgan fingerprint density at radius 2 is 2.22 bits per heavy atom. The molecule has 7 nitrogen and oxygen atoms in total. The number of hydrogen-bond donors (Lipinski definition) is 3. The normalized spacial score (nSPS) is 16.4. The fourth-order valence-electron chi connectivity index (χ4n) is 1.90. The molecule has 2 heterocycles. The molecule has 0 aromatic carbocycles. The van der Waals surface area contributed by atoms with Gasteiger partial charge < -0.3 is 20.1 Å². The molecule has 1 fully saturated rings. The Morgan fingerprint density at radius 1 is 1.50 bits per heavy atom. The summed E-state index contributed by atoms with van der Waals surface area (Å²) in [5.74, 6) is -1.27. The first-order valence-electron chi connectivity index (χ1n) is 5.81. The summed E-state index contributed by atoms with van der Waals surface area (Å²) in [6.07, 6.45) is 3.02. The highest BCUT2D eigenvalue weighted by atomic mass is 16.5. The smallest absolute Gasteiger partial charge is 0.354 e. The second-order valence-corrected chi connectivity index (χ2v) is 4.20. The van der Waals surface area contributed by atoms with E-state index in [9.17, 15) is 9.59 Å². The van der Waals surface area contributed by atoms with E-state index < -0.39 is 11.9 Å². The predicted octanol–water partition coefficient (Wildman–Crippen LogP) is 0.264. The van der Waals surface area contributed by atoms with Crippen LogP contribution in [0.5, 0.6) is 0 Å². The van der Waals surface area contributed by atoms with E-state index in [0.717, 1.165) is 12.8 Å². The van der Waals surface area contributed by atoms with Gasteiger partial charge in [-0.25, -0.2) is 9.78 Å². The highest BCUT2D eigenvalue weighted by molar-refractivity contribution is 6.02. The second-order valence-electron chi connectivity index (χ2n) is 4.20. The van der Waals surface area contributed by atoms with E-state index in [1.54, 1.807) is 0 Å². The lowest BCUT2D eigenvalue weighted by atomic mass is 10.0. The molecule has 0 saturated carbocycles. The molecule has 0 unspecified atom stereocenters. The number of carbonyl (C=O) groups excluding carboxylic acids is 1. The maximum Gasteiger partial charge on any atom is 0.354 e. The summed E-state index contributed by atoms with van der Waals surface area (Å²) >= 11 is 0. The first-order chi connectivity index (χ1) is 8.68. The number of carboxylic acid groups (broad SMARTS) is 1. The third kappa shape index (κ3) is 2.86. The molecule has 1 amide bonds. The van der Waals surface area contributed by atoms with Gasteiger partial charge in [-0.1, -0.05) is 0 Å². The van der Waals surface area contributed by atoms with Gasteiger partial charge in [-0.2, -0.15) is 0 Å². The van der Waals surface area contributed by atoms with Crippen molar-refractivity contribution >= 4 is 11.9 Å². The van der Waals surface area contributed by atoms with Crippen LogP contribution in [0.15, 0.2) is 6.33 Å². The Kier molecular flexibility index (Phi) is 3.93. The van der Waals surface area contributed by atoms with Crippen molar-refractivity contribution in [2.24, 2.45) is 5.92 Å². The van der Waals surface area contributed by atoms with Gasteiger partial charge in [0.25, 0.3) is 5.91 Å². The van der Waals surface area contributed by atoms with Crippen molar-refractivity contribution in [3.8, 4) is 0 Å². The number of carboxylic acids is 1. The standard InChI is InChI=1S/C11H15N3O4/c15-10(8-9(11(16)17)14-6-13-8)12-5-7-1-3-18-4-2-7/h6-7H,1-5H2,(H,12,15)(H,13,14)(H,16,17). The molecule has 98 valence electrons. The minimum Gasteiger partial charge on any atom is -0.477 e. The van der Waals surface area contributed by atoms with E-state index in [2.05, 4.69) is 15.3 Å². The summed E-state index contributed by atoms with van der Waals surface area (Å²) in [7, 11) is 0. The van der Waals surface area contributed by atoms with Crippen LogP contribution in [0.2, 0.25) is 0 Å². The molecule has 1 aromatic rings. The second kappa shape index (κ2) is 5.63. The van der Waals surface area contributed by atoms with Crippen molar-refractivity contribution in [3.63, 3.8) is 0 Å². The Morgan fingerprint density at radius 3 is 2.89 bits per heavy atom. The molecule has 1 saturated heterocycles. The summed E-state index contributed by atoms with van der Waals surface area (Å²) in [6.45, 7) is 1.95. The molecule has 0 bridgehead atoms. The molecule has 1 aromatic heterocycles. The SMILES string of the molecule is O=C(NCC1CCOCC1)c1nc[nH]c1C(=O)O. The average Bonchev–Trinajstić information content (AvgIpc) is 2.86. The van der Waals surface area contributed by atoms with Gasteiger partial charge in [0.1, 0.15) is 0 Å². The van der Waals surface area contributed by atoms with Crippen LogP contribution < -0.4 is 5.32 Å². The van der Waals surface area contributed by atoms with Gasteiger partial charge in [-0.05, 0) is 18.8 Å². The van der Waals surface area contributed by atoms with E-state index in [1.165, 1.54) is 6.33 Å². The molecule has 1 aliphatic heterocycles. The summed E-state index contributed by atoms with van der Waals surface area (Å²) < 4.78 is 5.22. The zero-order chi connectivity index (χ0) is 13.0. The lowest BCUT2D eigenvalue weighted by Crippen LogP contribution is -2.33. The van der Waals surface area contributed by atoms with Gasteiger partial charge >= 0.3 is 5.97 Å². The van der Waals surface area contributed by atoms with Crippen LogP contribution >= 0.6 is 0 Å². The van der Waals surface area contributed by atoms with E-state index in [-0.39, 0.29) is 11.4 Å². The molecule has 7 heteroatoms. The monoisotopic (exact) mass is 253 g/mol. The lowest BCUT2D eigenvalue weighted by Gasteiger charge is -2.21. The zero-order valence-corrected chi connectivity index (χ0v) is 9.81. The summed E-state index contributed by atoms with van der Waals surface area (Å²) in [4.78, 5) is 28.8. The topological polar surface area (TPSA) is 104 Å². The number of H-pyrrole nitrogens is 1. The van der Waals surface area contributed by atoms with Crippen LogP contribution in [0, 0.1) is 5.92 Å². The summed E-state index contributed by atoms with van der Waals surface area (Å²) in [6, 6.07) is 0. The first kappa shape index (κ1) is 12.6. The maximum absolute atomic E-state index is 11.8. The summed E-state index contributed by atoms with van der Waals surface area (Å²) in [5, 5.41) is 11.6. The van der Waals surface area contributed by atoms with Crippen molar-refractivity contribution < 1.29 is 19.4 Å². The zero-order valence-electron chi connectivity index (χ0n) is 9.81. The van der Waals surface area contributed by atoms with E-state index in [4.69, 9.17) is 9.84 Å². The fraction of sp³-hybridized carbons (Fsp3) is 0.545. The number of ether oxygens (including phenoxy) is 1. The van der Waals surface area contributed by atoms with Crippen molar-refractivity contribution in [3.05, 3.63) is 17.7 Å². The number of aromatic nitrogens is 2. The Hall–Kier alpha value is -1.89. The Balaban J connectivity index is 1.91. The van der Waals surface area contributed by atoms with E-state index in [1.807, 2.05) is 0 Å². The number of hydrogen-bond acceptors (Lipinski definition) is 4. The Labute approximate surface area is 104 Å². The summed E-state index contributed by atoms with van der Waals surface area (Å²) in [5.41, 5.74) is -0.256. The van der Waals surface area contributed by atoms with Gasteiger partial charge in [-0.15, -0.1) is 0 Å². The van der Waals surface area contributed by atoms with Crippen LogP contribution in [0.25, 0.3) is 0 Å². The third-order valence-corrected chi connectivity index (χ3v) is 2.96. The van der Waals surface area contributed by atoms with Crippen LogP contribution in [-0.4, -0.2) is 46.7 Å². The Bertz CT molecular complexity index is 437. The average molecular weight is 253 g/mol. The number of rotatable bonds is 4. The van der Waals surface area contributed by atoms with E-state index in [0.29, 0.717) is 25.7 Å². The molecule has 0 aliphatic carbocycles. The minimum absolute atomic E-state index is 0.0745. The van der Waals surface area contributed by atoms with Crippen LogP contribution in [0.4, 0.5) is 0 Å². The van der Waals surface area contributed by atoms with Crippen molar-refractivity contribution in [2.45, 2.75) is 12.8 Å². The van der Waals surface area contributed by atoms with Gasteiger partial charge in [0.15, 0.2) is 11.4 Å². The van der Waals surface area contributed by atoms with Crippen molar-refractivity contribution in [1.29, 1.82) is 0 Å². The molecule has 0 atom stereocenters. The largest absolute Gasteiger partial charge is 0.477 e. The van der Waals surface area contributed by atoms with Crippen LogP contribution in [-0.2, 0) is 4.74 Å².